The topological polar surface area (TPSA) is 43.2 Å². The third-order valence-corrected chi connectivity index (χ3v) is 15.3. The Hall–Kier alpha value is -7.24. The average molecular weight is 868 g/mol. The highest BCUT2D eigenvalue weighted by molar-refractivity contribution is 6.73. The van der Waals surface area contributed by atoms with Crippen LogP contribution in [-0.2, 0) is 16.2 Å². The Morgan fingerprint density at radius 1 is 0.552 bits per heavy atom. The van der Waals surface area contributed by atoms with Gasteiger partial charge in [-0.25, -0.2) is 0 Å². The highest BCUT2D eigenvalue weighted by Crippen LogP contribution is 2.50. The maximum atomic E-state index is 7.01. The fraction of sp³-hybridized carbons (Fsp3) is 0.194. The SMILES string of the molecule is CC(C)(C)c1ccc(Nc2cc3c(cc2-c2ccc4c5cc6c(cc5n5c4c2[B]c2cc4oc(-c7ccccc7)c(-c7ccccc7)c4cc2-5)oc2ccccc26)C(C)(C)CCC3(C)C)cc1. The second-order valence-electron chi connectivity index (χ2n) is 21.5. The Kier molecular flexibility index (Phi) is 8.46. The molecule has 325 valence electrons. The molecule has 0 unspecified atom stereocenters. The van der Waals surface area contributed by atoms with Crippen molar-refractivity contribution in [2.24, 2.45) is 0 Å². The van der Waals surface area contributed by atoms with Crippen LogP contribution < -0.4 is 16.2 Å². The smallest absolute Gasteiger partial charge is 0.198 e. The molecule has 0 spiro atoms. The van der Waals surface area contributed by atoms with Gasteiger partial charge in [0.05, 0.1) is 5.52 Å². The molecule has 4 nitrogen and oxygen atoms in total. The third-order valence-electron chi connectivity index (χ3n) is 15.3. The van der Waals surface area contributed by atoms with Crippen LogP contribution in [0.15, 0.2) is 167 Å². The molecule has 0 saturated carbocycles. The van der Waals surface area contributed by atoms with Gasteiger partial charge in [-0.05, 0) is 111 Å². The van der Waals surface area contributed by atoms with Gasteiger partial charge in [-0.2, -0.15) is 0 Å². The van der Waals surface area contributed by atoms with E-state index in [1.54, 1.807) is 0 Å². The summed E-state index contributed by atoms with van der Waals surface area (Å²) in [5.74, 6) is 0.875. The van der Waals surface area contributed by atoms with Crippen molar-refractivity contribution in [1.29, 1.82) is 0 Å². The molecule has 1 aliphatic carbocycles. The van der Waals surface area contributed by atoms with Crippen LogP contribution in [0.1, 0.15) is 78.0 Å². The minimum absolute atomic E-state index is 0.0215. The molecule has 0 bridgehead atoms. The van der Waals surface area contributed by atoms with Gasteiger partial charge in [0.15, 0.2) is 7.28 Å². The first kappa shape index (κ1) is 40.1. The van der Waals surface area contributed by atoms with Crippen LogP contribution in [0.5, 0.6) is 0 Å². The van der Waals surface area contributed by atoms with Crippen molar-refractivity contribution >= 4 is 84.3 Å². The van der Waals surface area contributed by atoms with Crippen LogP contribution in [0.3, 0.4) is 0 Å². The predicted octanol–water partition coefficient (Wildman–Crippen LogP) is 15.8. The number of para-hydroxylation sites is 1. The van der Waals surface area contributed by atoms with E-state index in [4.69, 9.17) is 8.83 Å². The van der Waals surface area contributed by atoms with Crippen LogP contribution in [-0.4, -0.2) is 11.8 Å². The average Bonchev–Trinajstić information content (AvgIpc) is 3.99. The summed E-state index contributed by atoms with van der Waals surface area (Å²) in [6, 6.07) is 57.7. The number of hydrogen-bond donors (Lipinski definition) is 1. The summed E-state index contributed by atoms with van der Waals surface area (Å²) in [4.78, 5) is 0. The van der Waals surface area contributed by atoms with Gasteiger partial charge in [-0.1, -0.05) is 157 Å². The first-order valence-electron chi connectivity index (χ1n) is 23.9. The number of benzene rings is 8. The van der Waals surface area contributed by atoms with Crippen molar-refractivity contribution in [1.82, 2.24) is 4.57 Å². The Bertz CT molecular complexity index is 3820. The van der Waals surface area contributed by atoms with Gasteiger partial charge in [0.1, 0.15) is 22.5 Å². The fourth-order valence-corrected chi connectivity index (χ4v) is 11.4. The molecule has 0 saturated heterocycles. The lowest BCUT2D eigenvalue weighted by molar-refractivity contribution is 0.332. The Morgan fingerprint density at radius 3 is 1.96 bits per heavy atom. The largest absolute Gasteiger partial charge is 0.456 e. The van der Waals surface area contributed by atoms with Gasteiger partial charge in [0, 0.05) is 72.3 Å². The van der Waals surface area contributed by atoms with Gasteiger partial charge < -0.3 is 18.7 Å². The van der Waals surface area contributed by atoms with Gasteiger partial charge in [-0.15, -0.1) is 0 Å². The number of anilines is 2. The molecule has 5 heteroatoms. The number of furan rings is 2. The van der Waals surface area contributed by atoms with E-state index in [1.165, 1.54) is 49.6 Å². The molecule has 0 amide bonds. The van der Waals surface area contributed by atoms with E-state index in [0.29, 0.717) is 0 Å². The number of hydrogen-bond acceptors (Lipinski definition) is 3. The Morgan fingerprint density at radius 2 is 1.22 bits per heavy atom. The monoisotopic (exact) mass is 867 g/mol. The summed E-state index contributed by atoms with van der Waals surface area (Å²) in [6.07, 6.45) is 2.28. The molecule has 0 fully saturated rings. The molecule has 4 heterocycles. The molecule has 11 aromatic rings. The number of rotatable bonds is 5. The lowest BCUT2D eigenvalue weighted by atomic mass is 9.58. The maximum absolute atomic E-state index is 7.01. The van der Waals surface area contributed by atoms with Crippen molar-refractivity contribution in [3.05, 3.63) is 174 Å². The Balaban J connectivity index is 1.11. The van der Waals surface area contributed by atoms with E-state index in [9.17, 15) is 0 Å². The van der Waals surface area contributed by atoms with E-state index in [-0.39, 0.29) is 16.2 Å². The lowest BCUT2D eigenvalue weighted by Crippen LogP contribution is -2.37. The normalized spacial score (nSPS) is 15.0. The van der Waals surface area contributed by atoms with E-state index in [1.807, 2.05) is 0 Å². The molecule has 1 N–H and O–H groups in total. The molecule has 1 aliphatic heterocycles. The van der Waals surface area contributed by atoms with Crippen molar-refractivity contribution in [2.45, 2.75) is 77.6 Å². The zero-order valence-electron chi connectivity index (χ0n) is 39.3. The molecule has 13 rings (SSSR count). The van der Waals surface area contributed by atoms with E-state index in [0.717, 1.165) is 96.2 Å². The minimum atomic E-state index is 0.0215. The molecule has 0 atom stereocenters. The van der Waals surface area contributed by atoms with E-state index >= 15 is 0 Å². The van der Waals surface area contributed by atoms with Gasteiger partial charge >= 0.3 is 0 Å². The highest BCUT2D eigenvalue weighted by atomic mass is 16.3. The summed E-state index contributed by atoms with van der Waals surface area (Å²) < 4.78 is 16.1. The zero-order valence-corrected chi connectivity index (χ0v) is 39.3. The van der Waals surface area contributed by atoms with E-state index in [2.05, 4.69) is 223 Å². The molecule has 3 aromatic heterocycles. The zero-order chi connectivity index (χ0) is 45.6. The summed E-state index contributed by atoms with van der Waals surface area (Å²) in [5, 5.41) is 9.76. The standard InChI is InChI=1S/C62H52BN2O2/c1-60(2,3)38-22-24-39(25-23-38)64-50-33-48-47(61(4,5)28-29-62(48,6)7)31-43(50)41-26-27-42-44-30-45-40-20-14-15-21-53(40)66-55(45)35-51(44)65-52-32-46-54(34-49(52)63-57(41)58(42)65)67-59(37-18-12-9-13-19-37)56(46)36-16-10-8-11-17-36/h8-27,30-35,64H,28-29H2,1-7H3. The molecular weight excluding hydrogens is 816 g/mol. The van der Waals surface area contributed by atoms with Crippen molar-refractivity contribution in [3.8, 4) is 39.3 Å². The number of fused-ring (bicyclic) bond motifs is 10. The Labute approximate surface area is 392 Å². The molecule has 67 heavy (non-hydrogen) atoms. The number of aromatic nitrogens is 1. The van der Waals surface area contributed by atoms with Crippen molar-refractivity contribution < 1.29 is 8.83 Å². The quantitative estimate of drug-likeness (QED) is 0.175. The number of nitrogens with zero attached hydrogens (tertiary/aromatic N) is 1. The van der Waals surface area contributed by atoms with Crippen LogP contribution in [0.4, 0.5) is 11.4 Å². The summed E-state index contributed by atoms with van der Waals surface area (Å²) in [5.41, 5.74) is 20.6. The second kappa shape index (κ2) is 14.1. The van der Waals surface area contributed by atoms with Crippen molar-refractivity contribution in [3.63, 3.8) is 0 Å². The molecular formula is C62H52BN2O2. The first-order chi connectivity index (χ1) is 32.3. The predicted molar refractivity (Wildman–Crippen MR) is 283 cm³/mol. The van der Waals surface area contributed by atoms with Crippen LogP contribution in [0.25, 0.3) is 94.0 Å². The molecule has 2 aliphatic rings. The maximum Gasteiger partial charge on any atom is 0.198 e. The van der Waals surface area contributed by atoms with Crippen LogP contribution in [0, 0.1) is 0 Å². The first-order valence-corrected chi connectivity index (χ1v) is 23.9. The van der Waals surface area contributed by atoms with Gasteiger partial charge in [0.2, 0.25) is 0 Å². The molecule has 8 aromatic carbocycles. The lowest BCUT2D eigenvalue weighted by Gasteiger charge is -2.42. The summed E-state index contributed by atoms with van der Waals surface area (Å²) in [6.45, 7) is 16.5. The van der Waals surface area contributed by atoms with Crippen molar-refractivity contribution in [2.75, 3.05) is 5.32 Å². The summed E-state index contributed by atoms with van der Waals surface area (Å²) in [7, 11) is 2.42. The van der Waals surface area contributed by atoms with Gasteiger partial charge in [0.25, 0.3) is 0 Å². The second-order valence-corrected chi connectivity index (χ2v) is 21.5. The van der Waals surface area contributed by atoms with E-state index < -0.39 is 0 Å². The van der Waals surface area contributed by atoms with Crippen LogP contribution >= 0.6 is 0 Å². The fourth-order valence-electron chi connectivity index (χ4n) is 11.4. The van der Waals surface area contributed by atoms with Crippen LogP contribution in [0.2, 0.25) is 0 Å². The number of nitrogens with one attached hydrogen (secondary N) is 1. The van der Waals surface area contributed by atoms with Gasteiger partial charge in [-0.3, -0.25) is 0 Å². The minimum Gasteiger partial charge on any atom is -0.456 e. The summed E-state index contributed by atoms with van der Waals surface area (Å²) >= 11 is 0. The molecule has 1 radical (unpaired) electrons. The third kappa shape index (κ3) is 6.13. The highest BCUT2D eigenvalue weighted by Gasteiger charge is 2.39.